The van der Waals surface area contributed by atoms with Crippen molar-refractivity contribution in [1.29, 1.82) is 5.26 Å². The van der Waals surface area contributed by atoms with Crippen LogP contribution in [0, 0.1) is 18.3 Å². The lowest BCUT2D eigenvalue weighted by Gasteiger charge is -2.16. The van der Waals surface area contributed by atoms with Crippen molar-refractivity contribution in [1.82, 2.24) is 0 Å². The molecule has 6 nitrogen and oxygen atoms in total. The zero-order valence-electron chi connectivity index (χ0n) is 16.5. The third-order valence-electron chi connectivity index (χ3n) is 4.12. The van der Waals surface area contributed by atoms with Gasteiger partial charge in [0.2, 0.25) is 0 Å². The van der Waals surface area contributed by atoms with Gasteiger partial charge in [0.25, 0.3) is 5.91 Å². The average molecular weight is 380 g/mol. The van der Waals surface area contributed by atoms with E-state index in [9.17, 15) is 9.59 Å². The number of nitrogens with one attached hydrogen (secondary N) is 1. The minimum atomic E-state index is -1.02. The van der Waals surface area contributed by atoms with E-state index in [1.807, 2.05) is 45.0 Å². The Kier molecular flexibility index (Phi) is 7.16. The molecule has 0 bridgehead atoms. The van der Waals surface area contributed by atoms with Gasteiger partial charge < -0.3 is 14.8 Å². The van der Waals surface area contributed by atoms with Crippen molar-refractivity contribution in [3.63, 3.8) is 0 Å². The van der Waals surface area contributed by atoms with Gasteiger partial charge in [0.15, 0.2) is 12.7 Å². The van der Waals surface area contributed by atoms with Crippen LogP contribution in [-0.2, 0) is 14.3 Å². The van der Waals surface area contributed by atoms with Gasteiger partial charge in [-0.25, -0.2) is 4.79 Å². The summed E-state index contributed by atoms with van der Waals surface area (Å²) in [7, 11) is 0. The molecule has 2 aromatic rings. The second kappa shape index (κ2) is 9.56. The number of anilines is 1. The molecule has 1 atom stereocenters. The molecule has 0 aromatic heterocycles. The predicted molar refractivity (Wildman–Crippen MR) is 106 cm³/mol. The lowest BCUT2D eigenvalue weighted by Crippen LogP contribution is -2.32. The van der Waals surface area contributed by atoms with E-state index in [0.717, 1.165) is 11.1 Å². The minimum Gasteiger partial charge on any atom is -0.482 e. The number of hydrogen-bond donors (Lipinski definition) is 1. The van der Waals surface area contributed by atoms with E-state index in [0.29, 0.717) is 17.0 Å². The van der Waals surface area contributed by atoms with Crippen LogP contribution in [0.3, 0.4) is 0 Å². The first-order chi connectivity index (χ1) is 13.3. The Hall–Kier alpha value is -3.33. The molecule has 0 aliphatic carbocycles. The van der Waals surface area contributed by atoms with Crippen molar-refractivity contribution in [3.05, 3.63) is 59.2 Å². The Balaban J connectivity index is 1.93. The molecular weight excluding hydrogens is 356 g/mol. The van der Waals surface area contributed by atoms with Crippen molar-refractivity contribution in [2.24, 2.45) is 0 Å². The van der Waals surface area contributed by atoms with Gasteiger partial charge in [-0.15, -0.1) is 0 Å². The summed E-state index contributed by atoms with van der Waals surface area (Å²) in [6.45, 7) is 7.20. The molecule has 0 saturated heterocycles. The maximum atomic E-state index is 12.2. The van der Waals surface area contributed by atoms with Crippen LogP contribution in [0.25, 0.3) is 0 Å². The molecule has 0 fully saturated rings. The fourth-order valence-electron chi connectivity index (χ4n) is 2.59. The number of ether oxygens (including phenoxy) is 2. The van der Waals surface area contributed by atoms with Gasteiger partial charge in [-0.3, -0.25) is 4.79 Å². The van der Waals surface area contributed by atoms with E-state index in [4.69, 9.17) is 14.7 Å². The first kappa shape index (κ1) is 21.0. The summed E-state index contributed by atoms with van der Waals surface area (Å²) in [4.78, 5) is 24.3. The van der Waals surface area contributed by atoms with Crippen LogP contribution < -0.4 is 10.1 Å². The van der Waals surface area contributed by atoms with Gasteiger partial charge >= 0.3 is 5.97 Å². The summed E-state index contributed by atoms with van der Waals surface area (Å²) >= 11 is 0. The highest BCUT2D eigenvalue weighted by Crippen LogP contribution is 2.27. The van der Waals surface area contributed by atoms with E-state index < -0.39 is 18.0 Å². The molecule has 0 unspecified atom stereocenters. The number of esters is 1. The number of nitriles is 1. The van der Waals surface area contributed by atoms with E-state index in [1.165, 1.54) is 6.92 Å². The third-order valence-corrected chi connectivity index (χ3v) is 4.12. The normalized spacial score (nSPS) is 11.4. The number of benzene rings is 2. The molecule has 1 amide bonds. The molecular formula is C22H24N2O4. The molecule has 0 heterocycles. The molecule has 146 valence electrons. The number of aryl methyl sites for hydroxylation is 1. The molecule has 2 aromatic carbocycles. The smallest absolute Gasteiger partial charge is 0.344 e. The Labute approximate surface area is 165 Å². The lowest BCUT2D eigenvalue weighted by molar-refractivity contribution is -0.155. The number of amides is 1. The maximum absolute atomic E-state index is 12.2. The Bertz CT molecular complexity index is 900. The minimum absolute atomic E-state index is 0.247. The summed E-state index contributed by atoms with van der Waals surface area (Å²) in [6.07, 6.45) is -1.02. The molecule has 0 spiro atoms. The van der Waals surface area contributed by atoms with Crippen LogP contribution in [-0.4, -0.2) is 24.6 Å². The van der Waals surface area contributed by atoms with E-state index in [2.05, 4.69) is 5.32 Å². The molecule has 2 rings (SSSR count). The van der Waals surface area contributed by atoms with Crippen LogP contribution in [0.5, 0.6) is 5.75 Å². The summed E-state index contributed by atoms with van der Waals surface area (Å²) in [5, 5.41) is 11.7. The second-order valence-electron chi connectivity index (χ2n) is 6.76. The van der Waals surface area contributed by atoms with Gasteiger partial charge in [0.05, 0.1) is 11.3 Å². The summed E-state index contributed by atoms with van der Waals surface area (Å²) in [5.74, 6) is -0.287. The fraction of sp³-hybridized carbons (Fsp3) is 0.318. The highest BCUT2D eigenvalue weighted by Gasteiger charge is 2.20. The monoisotopic (exact) mass is 380 g/mol. The van der Waals surface area contributed by atoms with Gasteiger partial charge in [0.1, 0.15) is 11.8 Å². The summed E-state index contributed by atoms with van der Waals surface area (Å²) < 4.78 is 10.8. The molecule has 0 saturated carbocycles. The molecule has 1 N–H and O–H groups in total. The van der Waals surface area contributed by atoms with Gasteiger partial charge in [-0.05, 0) is 49.1 Å². The Morgan fingerprint density at radius 1 is 1.14 bits per heavy atom. The largest absolute Gasteiger partial charge is 0.482 e. The number of para-hydroxylation sites is 1. The number of hydrogen-bond acceptors (Lipinski definition) is 5. The standard InChI is InChI=1S/C22H24N2O4/c1-14(2)18-10-9-15(3)11-20(18)27-13-21(25)28-16(4)22(26)24-19-8-6-5-7-17(19)12-23/h5-11,14,16H,13H2,1-4H3,(H,24,26)/t16-/m1/s1. The first-order valence-corrected chi connectivity index (χ1v) is 9.04. The van der Waals surface area contributed by atoms with E-state index >= 15 is 0 Å². The first-order valence-electron chi connectivity index (χ1n) is 9.04. The van der Waals surface area contributed by atoms with Crippen LogP contribution in [0.1, 0.15) is 43.4 Å². The van der Waals surface area contributed by atoms with Crippen LogP contribution in [0.4, 0.5) is 5.69 Å². The van der Waals surface area contributed by atoms with Crippen LogP contribution >= 0.6 is 0 Å². The van der Waals surface area contributed by atoms with Crippen molar-refractivity contribution in [2.45, 2.75) is 39.7 Å². The number of nitrogens with zero attached hydrogens (tertiary/aromatic N) is 1. The predicted octanol–water partition coefficient (Wildman–Crippen LogP) is 3.94. The molecule has 0 aliphatic heterocycles. The average Bonchev–Trinajstić information content (AvgIpc) is 2.66. The topological polar surface area (TPSA) is 88.4 Å². The zero-order valence-corrected chi connectivity index (χ0v) is 16.5. The number of carbonyl (C=O) groups is 2. The SMILES string of the molecule is Cc1ccc(C(C)C)c(OCC(=O)O[C@H](C)C(=O)Nc2ccccc2C#N)c1. The highest BCUT2D eigenvalue weighted by molar-refractivity contribution is 5.96. The molecule has 0 aliphatic rings. The molecule has 28 heavy (non-hydrogen) atoms. The van der Waals surface area contributed by atoms with Crippen molar-refractivity contribution >= 4 is 17.6 Å². The molecule has 6 heteroatoms. The van der Waals surface area contributed by atoms with Crippen LogP contribution in [0.15, 0.2) is 42.5 Å². The van der Waals surface area contributed by atoms with Crippen molar-refractivity contribution in [3.8, 4) is 11.8 Å². The Morgan fingerprint density at radius 2 is 1.86 bits per heavy atom. The van der Waals surface area contributed by atoms with E-state index in [-0.39, 0.29) is 12.5 Å². The van der Waals surface area contributed by atoms with Crippen molar-refractivity contribution in [2.75, 3.05) is 11.9 Å². The second-order valence-corrected chi connectivity index (χ2v) is 6.76. The zero-order chi connectivity index (χ0) is 20.7. The number of carbonyl (C=O) groups excluding carboxylic acids is 2. The van der Waals surface area contributed by atoms with Gasteiger partial charge in [-0.2, -0.15) is 5.26 Å². The summed E-state index contributed by atoms with van der Waals surface area (Å²) in [5.41, 5.74) is 2.72. The molecule has 0 radical (unpaired) electrons. The summed E-state index contributed by atoms with van der Waals surface area (Å²) in [6, 6.07) is 14.4. The van der Waals surface area contributed by atoms with Gasteiger partial charge in [0, 0.05) is 0 Å². The van der Waals surface area contributed by atoms with Gasteiger partial charge in [-0.1, -0.05) is 38.1 Å². The number of rotatable bonds is 7. The Morgan fingerprint density at radius 3 is 2.54 bits per heavy atom. The van der Waals surface area contributed by atoms with Crippen molar-refractivity contribution < 1.29 is 19.1 Å². The quantitative estimate of drug-likeness (QED) is 0.735. The lowest BCUT2D eigenvalue weighted by atomic mass is 10.0. The third kappa shape index (κ3) is 5.58. The maximum Gasteiger partial charge on any atom is 0.344 e. The van der Waals surface area contributed by atoms with Crippen LogP contribution in [0.2, 0.25) is 0 Å². The highest BCUT2D eigenvalue weighted by atomic mass is 16.6. The fourth-order valence-corrected chi connectivity index (χ4v) is 2.59. The van der Waals surface area contributed by atoms with E-state index in [1.54, 1.807) is 24.3 Å².